The van der Waals surface area contributed by atoms with Crippen LogP contribution in [-0.4, -0.2) is 14.2 Å². The average molecular weight is 408 g/mol. The fraction of sp³-hybridized carbons (Fsp3) is 0.308. The highest BCUT2D eigenvalue weighted by molar-refractivity contribution is 5.44. The predicted octanol–water partition coefficient (Wildman–Crippen LogP) is 6.28. The van der Waals surface area contributed by atoms with E-state index in [9.17, 15) is 8.78 Å². The summed E-state index contributed by atoms with van der Waals surface area (Å²) in [5.74, 6) is 0.916. The number of hydrogen-bond acceptors (Lipinski definition) is 2. The first-order valence-corrected chi connectivity index (χ1v) is 10.3. The van der Waals surface area contributed by atoms with Crippen molar-refractivity contribution in [1.29, 1.82) is 0 Å². The maximum atomic E-state index is 14.5. The Morgan fingerprint density at radius 1 is 0.900 bits per heavy atom. The lowest BCUT2D eigenvalue weighted by Crippen LogP contribution is -2.28. The topological polar surface area (TPSA) is 18.5 Å². The van der Waals surface area contributed by atoms with Crippen molar-refractivity contribution in [2.75, 3.05) is 14.2 Å². The molecule has 3 aromatic carbocycles. The zero-order valence-corrected chi connectivity index (χ0v) is 17.5. The molecule has 1 aliphatic rings. The van der Waals surface area contributed by atoms with Crippen LogP contribution in [0.25, 0.3) is 0 Å². The molecule has 1 aliphatic carbocycles. The number of ether oxygens (including phenoxy) is 2. The molecule has 3 unspecified atom stereocenters. The van der Waals surface area contributed by atoms with Gasteiger partial charge < -0.3 is 9.47 Å². The van der Waals surface area contributed by atoms with Gasteiger partial charge in [-0.15, -0.1) is 0 Å². The monoisotopic (exact) mass is 408 g/mol. The third kappa shape index (κ3) is 3.79. The molecule has 156 valence electrons. The second-order valence-electron chi connectivity index (χ2n) is 8.03. The quantitative estimate of drug-likeness (QED) is 0.494. The van der Waals surface area contributed by atoms with Crippen molar-refractivity contribution >= 4 is 0 Å². The first kappa shape index (κ1) is 20.4. The molecular formula is C26H26F2O2. The fourth-order valence-electron chi connectivity index (χ4n) is 4.75. The molecule has 4 heteroatoms. The molecule has 3 aromatic rings. The van der Waals surface area contributed by atoms with Crippen LogP contribution in [0.3, 0.4) is 0 Å². The first-order chi connectivity index (χ1) is 14.5. The highest BCUT2D eigenvalue weighted by Gasteiger charge is 2.35. The van der Waals surface area contributed by atoms with E-state index in [2.05, 4.69) is 19.1 Å². The van der Waals surface area contributed by atoms with Gasteiger partial charge in [0.2, 0.25) is 0 Å². The first-order valence-electron chi connectivity index (χ1n) is 10.3. The maximum absolute atomic E-state index is 14.5. The van der Waals surface area contributed by atoms with Crippen LogP contribution in [0.2, 0.25) is 0 Å². The number of halogens is 2. The van der Waals surface area contributed by atoms with Crippen molar-refractivity contribution < 1.29 is 18.3 Å². The van der Waals surface area contributed by atoms with Gasteiger partial charge in [0, 0.05) is 0 Å². The van der Waals surface area contributed by atoms with E-state index < -0.39 is 0 Å². The lowest BCUT2D eigenvalue weighted by Gasteiger charge is -2.38. The smallest absolute Gasteiger partial charge is 0.165 e. The van der Waals surface area contributed by atoms with Crippen LogP contribution >= 0.6 is 0 Å². The summed E-state index contributed by atoms with van der Waals surface area (Å²) in [7, 11) is 3.12. The second-order valence-corrected chi connectivity index (χ2v) is 8.03. The molecule has 0 spiro atoms. The van der Waals surface area contributed by atoms with Crippen molar-refractivity contribution in [3.8, 4) is 11.5 Å². The molecule has 0 heterocycles. The van der Waals surface area contributed by atoms with Crippen LogP contribution < -0.4 is 9.47 Å². The van der Waals surface area contributed by atoms with Crippen LogP contribution in [0.5, 0.6) is 11.5 Å². The van der Waals surface area contributed by atoms with Crippen molar-refractivity contribution in [2.24, 2.45) is 5.92 Å². The molecule has 0 bridgehead atoms. The highest BCUT2D eigenvalue weighted by Crippen LogP contribution is 2.47. The summed E-state index contributed by atoms with van der Waals surface area (Å²) in [4.78, 5) is 0. The molecule has 0 fully saturated rings. The Kier molecular flexibility index (Phi) is 5.76. The fourth-order valence-corrected chi connectivity index (χ4v) is 4.75. The molecule has 0 aromatic heterocycles. The largest absolute Gasteiger partial charge is 0.497 e. The van der Waals surface area contributed by atoms with Crippen LogP contribution in [0.15, 0.2) is 60.7 Å². The minimum atomic E-state index is -0.353. The van der Waals surface area contributed by atoms with Gasteiger partial charge in [-0.25, -0.2) is 8.78 Å². The third-order valence-corrected chi connectivity index (χ3v) is 6.46. The zero-order valence-electron chi connectivity index (χ0n) is 17.5. The molecule has 0 N–H and O–H groups in total. The molecule has 4 rings (SSSR count). The summed E-state index contributed by atoms with van der Waals surface area (Å²) in [5.41, 5.74) is 4.04. The second kappa shape index (κ2) is 8.47. The molecule has 2 nitrogen and oxygen atoms in total. The lowest BCUT2D eigenvalue weighted by atomic mass is 9.66. The molecule has 0 saturated carbocycles. The van der Waals surface area contributed by atoms with Crippen molar-refractivity contribution in [3.05, 3.63) is 94.6 Å². The van der Waals surface area contributed by atoms with Gasteiger partial charge in [-0.3, -0.25) is 0 Å². The van der Waals surface area contributed by atoms with Gasteiger partial charge in [0.15, 0.2) is 11.6 Å². The Morgan fingerprint density at radius 3 is 2.40 bits per heavy atom. The van der Waals surface area contributed by atoms with Crippen LogP contribution in [0.4, 0.5) is 8.78 Å². The predicted molar refractivity (Wildman–Crippen MR) is 114 cm³/mol. The zero-order chi connectivity index (χ0) is 21.3. The Bertz CT molecular complexity index is 1050. The molecule has 0 amide bonds. The summed E-state index contributed by atoms with van der Waals surface area (Å²) < 4.78 is 39.4. The summed E-state index contributed by atoms with van der Waals surface area (Å²) >= 11 is 0. The summed E-state index contributed by atoms with van der Waals surface area (Å²) in [6, 6.07) is 18.3. The summed E-state index contributed by atoms with van der Waals surface area (Å²) in [6.07, 6.45) is 1.39. The van der Waals surface area contributed by atoms with Crippen LogP contribution in [0.1, 0.15) is 41.0 Å². The number of rotatable bonds is 5. The summed E-state index contributed by atoms with van der Waals surface area (Å²) in [6.45, 7) is 2.18. The van der Waals surface area contributed by atoms with Gasteiger partial charge in [0.1, 0.15) is 11.6 Å². The molecule has 0 aliphatic heterocycles. The van der Waals surface area contributed by atoms with Gasteiger partial charge in [-0.05, 0) is 83.2 Å². The lowest BCUT2D eigenvalue weighted by molar-refractivity contribution is 0.341. The van der Waals surface area contributed by atoms with Gasteiger partial charge in [-0.2, -0.15) is 0 Å². The van der Waals surface area contributed by atoms with Gasteiger partial charge in [-0.1, -0.05) is 37.3 Å². The van der Waals surface area contributed by atoms with Crippen molar-refractivity contribution in [2.45, 2.75) is 31.6 Å². The van der Waals surface area contributed by atoms with Crippen molar-refractivity contribution in [3.63, 3.8) is 0 Å². The Balaban J connectivity index is 1.77. The van der Waals surface area contributed by atoms with Gasteiger partial charge in [0.25, 0.3) is 0 Å². The van der Waals surface area contributed by atoms with E-state index in [0.29, 0.717) is 12.0 Å². The number of hydrogen-bond donors (Lipinski definition) is 0. The number of benzene rings is 3. The summed E-state index contributed by atoms with van der Waals surface area (Å²) in [5, 5.41) is 0. The maximum Gasteiger partial charge on any atom is 0.165 e. The van der Waals surface area contributed by atoms with E-state index in [0.717, 1.165) is 17.7 Å². The third-order valence-electron chi connectivity index (χ3n) is 6.46. The number of methoxy groups -OCH3 is 2. The van der Waals surface area contributed by atoms with E-state index in [-0.39, 0.29) is 35.1 Å². The normalized spacial score (nSPS) is 20.5. The number of fused-ring (bicyclic) bond motifs is 1. The van der Waals surface area contributed by atoms with E-state index in [1.165, 1.54) is 24.3 Å². The standard InChI is InChI=1S/C26H26F2O2/c1-16-21(18-9-11-26(30-3)25(28)14-18)12-17-8-10-20(29-2)15-23(17)22(16)13-19-6-4-5-7-24(19)27/h4-11,14-16,21-22H,12-13H2,1-3H3. The highest BCUT2D eigenvalue weighted by atomic mass is 19.1. The molecule has 0 radical (unpaired) electrons. The Labute approximate surface area is 176 Å². The Hall–Kier alpha value is -2.88. The Morgan fingerprint density at radius 2 is 1.70 bits per heavy atom. The minimum Gasteiger partial charge on any atom is -0.497 e. The van der Waals surface area contributed by atoms with Gasteiger partial charge >= 0.3 is 0 Å². The molecular weight excluding hydrogens is 382 g/mol. The van der Waals surface area contributed by atoms with Crippen LogP contribution in [-0.2, 0) is 12.8 Å². The minimum absolute atomic E-state index is 0.0934. The van der Waals surface area contributed by atoms with E-state index >= 15 is 0 Å². The van der Waals surface area contributed by atoms with Crippen molar-refractivity contribution in [1.82, 2.24) is 0 Å². The van der Waals surface area contributed by atoms with E-state index in [1.54, 1.807) is 25.3 Å². The molecule has 0 saturated heterocycles. The van der Waals surface area contributed by atoms with Crippen LogP contribution in [0, 0.1) is 17.6 Å². The van der Waals surface area contributed by atoms with E-state index in [1.807, 2.05) is 24.3 Å². The molecule has 30 heavy (non-hydrogen) atoms. The van der Waals surface area contributed by atoms with Gasteiger partial charge in [0.05, 0.1) is 14.2 Å². The van der Waals surface area contributed by atoms with E-state index in [4.69, 9.17) is 9.47 Å². The molecule has 3 atom stereocenters. The average Bonchev–Trinajstić information content (AvgIpc) is 2.76. The SMILES string of the molecule is COc1ccc2c(c1)C(Cc1ccccc1F)C(C)C(c1ccc(OC)c(F)c1)C2.